The van der Waals surface area contributed by atoms with Crippen molar-refractivity contribution >= 4 is 5.91 Å². The molecular weight excluding hydrogens is 276 g/mol. The van der Waals surface area contributed by atoms with Crippen molar-refractivity contribution < 1.29 is 9.53 Å². The van der Waals surface area contributed by atoms with Crippen LogP contribution in [0.5, 0.6) is 5.75 Å². The number of carbonyl (C=O) groups excluding carboxylic acids is 1. The quantitative estimate of drug-likeness (QED) is 0.858. The van der Waals surface area contributed by atoms with Gasteiger partial charge in [0.2, 0.25) is 0 Å². The van der Waals surface area contributed by atoms with Crippen LogP contribution in [-0.4, -0.2) is 35.5 Å². The monoisotopic (exact) mass is 302 g/mol. The molecule has 2 aliphatic rings. The predicted octanol–water partition coefficient (Wildman–Crippen LogP) is 3.13. The van der Waals surface area contributed by atoms with Gasteiger partial charge in [-0.05, 0) is 44.6 Å². The number of rotatable bonds is 4. The van der Waals surface area contributed by atoms with Crippen molar-refractivity contribution in [1.29, 1.82) is 0 Å². The maximum Gasteiger partial charge on any atom is 0.260 e. The van der Waals surface area contributed by atoms with Crippen molar-refractivity contribution in [3.05, 3.63) is 23.5 Å². The molecule has 0 saturated heterocycles. The standard InChI is InChI=1S/C18H26N2O2/c1-20(14-7-3-2-4-8-14)18(21)13-22-17-11-12-19-16-10-6-5-9-15(16)17/h11-12,14H,2-10,13H2,1H3. The molecule has 2 aliphatic carbocycles. The minimum absolute atomic E-state index is 0.0910. The molecule has 0 N–H and O–H groups in total. The lowest BCUT2D eigenvalue weighted by molar-refractivity contribution is -0.134. The van der Waals surface area contributed by atoms with Gasteiger partial charge >= 0.3 is 0 Å². The lowest BCUT2D eigenvalue weighted by Gasteiger charge is -2.31. The lowest BCUT2D eigenvalue weighted by Crippen LogP contribution is -2.40. The number of aromatic nitrogens is 1. The highest BCUT2D eigenvalue weighted by Gasteiger charge is 2.23. The van der Waals surface area contributed by atoms with Crippen molar-refractivity contribution in [2.24, 2.45) is 0 Å². The summed E-state index contributed by atoms with van der Waals surface area (Å²) >= 11 is 0. The molecule has 1 aromatic rings. The second-order valence-electron chi connectivity index (χ2n) is 6.53. The van der Waals surface area contributed by atoms with E-state index in [-0.39, 0.29) is 12.5 Å². The van der Waals surface area contributed by atoms with E-state index in [1.807, 2.05) is 18.0 Å². The van der Waals surface area contributed by atoms with E-state index in [0.29, 0.717) is 6.04 Å². The average molecular weight is 302 g/mol. The molecule has 0 bridgehead atoms. The van der Waals surface area contributed by atoms with Crippen LogP contribution in [0.1, 0.15) is 56.2 Å². The number of aryl methyl sites for hydroxylation is 1. The highest BCUT2D eigenvalue weighted by atomic mass is 16.5. The number of nitrogens with zero attached hydrogens (tertiary/aromatic N) is 2. The summed E-state index contributed by atoms with van der Waals surface area (Å²) in [6, 6.07) is 2.30. The first-order chi connectivity index (χ1) is 10.8. The minimum atomic E-state index is 0.0910. The molecule has 3 rings (SSSR count). The van der Waals surface area contributed by atoms with Crippen LogP contribution in [0, 0.1) is 0 Å². The van der Waals surface area contributed by atoms with Gasteiger partial charge in [-0.3, -0.25) is 9.78 Å². The fourth-order valence-corrected chi connectivity index (χ4v) is 3.64. The van der Waals surface area contributed by atoms with Crippen LogP contribution >= 0.6 is 0 Å². The molecule has 1 heterocycles. The van der Waals surface area contributed by atoms with E-state index in [4.69, 9.17) is 4.74 Å². The summed E-state index contributed by atoms with van der Waals surface area (Å²) in [5, 5.41) is 0. The molecule has 0 radical (unpaired) electrons. The Morgan fingerprint density at radius 2 is 2.00 bits per heavy atom. The second-order valence-corrected chi connectivity index (χ2v) is 6.53. The van der Waals surface area contributed by atoms with E-state index in [0.717, 1.165) is 37.1 Å². The fourth-order valence-electron chi connectivity index (χ4n) is 3.64. The first-order valence-corrected chi connectivity index (χ1v) is 8.61. The summed E-state index contributed by atoms with van der Waals surface area (Å²) in [4.78, 5) is 18.7. The first kappa shape index (κ1) is 15.3. The van der Waals surface area contributed by atoms with E-state index < -0.39 is 0 Å². The zero-order chi connectivity index (χ0) is 15.4. The van der Waals surface area contributed by atoms with Crippen LogP contribution in [0.2, 0.25) is 0 Å². The summed E-state index contributed by atoms with van der Waals surface area (Å²) in [6.45, 7) is 0.142. The Morgan fingerprint density at radius 1 is 1.23 bits per heavy atom. The highest BCUT2D eigenvalue weighted by Crippen LogP contribution is 2.28. The van der Waals surface area contributed by atoms with Gasteiger partial charge in [-0.25, -0.2) is 0 Å². The summed E-state index contributed by atoms with van der Waals surface area (Å²) in [7, 11) is 1.92. The number of hydrogen-bond acceptors (Lipinski definition) is 3. The zero-order valence-electron chi connectivity index (χ0n) is 13.5. The topological polar surface area (TPSA) is 42.4 Å². The van der Waals surface area contributed by atoms with Gasteiger partial charge in [-0.15, -0.1) is 0 Å². The first-order valence-electron chi connectivity index (χ1n) is 8.61. The Morgan fingerprint density at radius 3 is 2.82 bits per heavy atom. The number of fused-ring (bicyclic) bond motifs is 1. The third-order valence-corrected chi connectivity index (χ3v) is 5.06. The summed E-state index contributed by atoms with van der Waals surface area (Å²) < 4.78 is 5.85. The van der Waals surface area contributed by atoms with Gasteiger partial charge in [-0.1, -0.05) is 19.3 Å². The van der Waals surface area contributed by atoms with E-state index in [9.17, 15) is 4.79 Å². The fraction of sp³-hybridized carbons (Fsp3) is 0.667. The van der Waals surface area contributed by atoms with Crippen LogP contribution in [0.3, 0.4) is 0 Å². The normalized spacial score (nSPS) is 18.6. The van der Waals surface area contributed by atoms with Crippen LogP contribution < -0.4 is 4.74 Å². The van der Waals surface area contributed by atoms with Crippen LogP contribution in [0.25, 0.3) is 0 Å². The Kier molecular flexibility index (Phi) is 4.96. The van der Waals surface area contributed by atoms with Crippen LogP contribution in [0.15, 0.2) is 12.3 Å². The molecule has 0 aliphatic heterocycles. The molecule has 0 aromatic carbocycles. The van der Waals surface area contributed by atoms with Crippen LogP contribution in [0.4, 0.5) is 0 Å². The predicted molar refractivity (Wildman–Crippen MR) is 86.0 cm³/mol. The Bertz CT molecular complexity index is 524. The molecule has 1 saturated carbocycles. The number of ether oxygens (including phenoxy) is 1. The second kappa shape index (κ2) is 7.12. The average Bonchev–Trinajstić information content (AvgIpc) is 2.59. The maximum absolute atomic E-state index is 12.4. The Labute approximate surface area is 132 Å². The van der Waals surface area contributed by atoms with E-state index in [1.54, 1.807) is 6.20 Å². The molecule has 1 fully saturated rings. The van der Waals surface area contributed by atoms with Gasteiger partial charge in [0, 0.05) is 30.5 Å². The number of likely N-dealkylation sites (N-methyl/N-ethyl adjacent to an activating group) is 1. The largest absolute Gasteiger partial charge is 0.483 e. The third kappa shape index (κ3) is 3.42. The van der Waals surface area contributed by atoms with Crippen molar-refractivity contribution in [1.82, 2.24) is 9.88 Å². The smallest absolute Gasteiger partial charge is 0.260 e. The molecule has 1 aromatic heterocycles. The summed E-state index contributed by atoms with van der Waals surface area (Å²) in [6.07, 6.45) is 12.3. The van der Waals surface area contributed by atoms with Gasteiger partial charge in [0.25, 0.3) is 5.91 Å². The number of pyridine rings is 1. The number of amides is 1. The molecule has 0 atom stereocenters. The van der Waals surface area contributed by atoms with E-state index >= 15 is 0 Å². The number of hydrogen-bond donors (Lipinski definition) is 0. The molecular formula is C18H26N2O2. The zero-order valence-corrected chi connectivity index (χ0v) is 13.5. The summed E-state index contributed by atoms with van der Waals surface area (Å²) in [5.41, 5.74) is 2.36. The SMILES string of the molecule is CN(C(=O)COc1ccnc2c1CCCC2)C1CCCCC1. The number of carbonyl (C=O) groups is 1. The van der Waals surface area contributed by atoms with Crippen molar-refractivity contribution in [2.45, 2.75) is 63.8 Å². The minimum Gasteiger partial charge on any atom is -0.483 e. The van der Waals surface area contributed by atoms with Gasteiger partial charge in [-0.2, -0.15) is 0 Å². The molecule has 1 amide bonds. The van der Waals surface area contributed by atoms with Crippen molar-refractivity contribution in [3.63, 3.8) is 0 Å². The van der Waals surface area contributed by atoms with Gasteiger partial charge in [0.05, 0.1) is 0 Å². The van der Waals surface area contributed by atoms with Crippen LogP contribution in [-0.2, 0) is 17.6 Å². The molecule has 0 unspecified atom stereocenters. The lowest BCUT2D eigenvalue weighted by atomic mass is 9.94. The van der Waals surface area contributed by atoms with Crippen molar-refractivity contribution in [3.8, 4) is 5.75 Å². The van der Waals surface area contributed by atoms with E-state index in [2.05, 4.69) is 4.98 Å². The highest BCUT2D eigenvalue weighted by molar-refractivity contribution is 5.77. The van der Waals surface area contributed by atoms with Gasteiger partial charge < -0.3 is 9.64 Å². The Balaban J connectivity index is 1.59. The molecule has 0 spiro atoms. The molecule has 4 heteroatoms. The molecule has 4 nitrogen and oxygen atoms in total. The van der Waals surface area contributed by atoms with Crippen molar-refractivity contribution in [2.75, 3.05) is 13.7 Å². The summed E-state index contributed by atoms with van der Waals surface area (Å²) in [5.74, 6) is 0.948. The third-order valence-electron chi connectivity index (χ3n) is 5.06. The van der Waals surface area contributed by atoms with Gasteiger partial charge in [0.15, 0.2) is 6.61 Å². The molecule has 120 valence electrons. The maximum atomic E-state index is 12.4. The van der Waals surface area contributed by atoms with Gasteiger partial charge in [0.1, 0.15) is 5.75 Å². The Hall–Kier alpha value is -1.58. The van der Waals surface area contributed by atoms with E-state index in [1.165, 1.54) is 37.7 Å². The molecule has 22 heavy (non-hydrogen) atoms.